The number of aryl methyl sites for hydroxylation is 3. The van der Waals surface area contributed by atoms with Gasteiger partial charge in [-0.2, -0.15) is 5.10 Å². The lowest BCUT2D eigenvalue weighted by Crippen LogP contribution is -2.23. The summed E-state index contributed by atoms with van der Waals surface area (Å²) in [6.07, 6.45) is 0. The number of anilines is 1. The van der Waals surface area contributed by atoms with Crippen molar-refractivity contribution in [1.82, 2.24) is 14.8 Å². The maximum Gasteiger partial charge on any atom is 0.277 e. The molecular weight excluding hydrogens is 252 g/mol. The van der Waals surface area contributed by atoms with Crippen molar-refractivity contribution in [2.75, 3.05) is 5.32 Å². The number of aromatic nitrogens is 3. The van der Waals surface area contributed by atoms with Crippen LogP contribution in [0.3, 0.4) is 0 Å². The number of amides is 1. The molecule has 18 heavy (non-hydrogen) atoms. The van der Waals surface area contributed by atoms with Gasteiger partial charge in [0.15, 0.2) is 5.13 Å². The highest BCUT2D eigenvalue weighted by Crippen LogP contribution is 2.21. The van der Waals surface area contributed by atoms with E-state index in [2.05, 4.69) is 15.4 Å². The number of thiazole rings is 1. The van der Waals surface area contributed by atoms with Crippen LogP contribution in [0.5, 0.6) is 0 Å². The van der Waals surface area contributed by atoms with E-state index in [9.17, 15) is 9.59 Å². The van der Waals surface area contributed by atoms with Crippen LogP contribution in [0, 0.1) is 13.8 Å². The zero-order valence-corrected chi connectivity index (χ0v) is 11.0. The molecular formula is C11H12N4O2S. The van der Waals surface area contributed by atoms with E-state index in [0.29, 0.717) is 5.13 Å². The quantitative estimate of drug-likeness (QED) is 0.881. The standard InChI is InChI=1S/C11H12N4O2S/c1-6-7(2)18-11(12-6)13-10(17)8-4-5-9(16)15(3)14-8/h4-5H,1-3H3,(H,12,13,17). The average Bonchev–Trinajstić information content (AvgIpc) is 2.61. The van der Waals surface area contributed by atoms with Crippen molar-refractivity contribution >= 4 is 22.4 Å². The van der Waals surface area contributed by atoms with Gasteiger partial charge in [0.1, 0.15) is 5.69 Å². The Morgan fingerprint density at radius 1 is 1.39 bits per heavy atom. The summed E-state index contributed by atoms with van der Waals surface area (Å²) in [6.45, 7) is 3.82. The maximum absolute atomic E-state index is 11.9. The molecule has 1 amide bonds. The van der Waals surface area contributed by atoms with Crippen LogP contribution in [0.1, 0.15) is 21.1 Å². The lowest BCUT2D eigenvalue weighted by molar-refractivity contribution is 0.102. The highest BCUT2D eigenvalue weighted by atomic mass is 32.1. The Kier molecular flexibility index (Phi) is 3.24. The monoisotopic (exact) mass is 264 g/mol. The van der Waals surface area contributed by atoms with E-state index < -0.39 is 0 Å². The topological polar surface area (TPSA) is 76.9 Å². The van der Waals surface area contributed by atoms with Gasteiger partial charge in [0, 0.05) is 18.0 Å². The Labute approximate surface area is 107 Å². The lowest BCUT2D eigenvalue weighted by atomic mass is 10.4. The molecule has 94 valence electrons. The third-order valence-electron chi connectivity index (χ3n) is 2.44. The van der Waals surface area contributed by atoms with Crippen molar-refractivity contribution < 1.29 is 4.79 Å². The summed E-state index contributed by atoms with van der Waals surface area (Å²) in [7, 11) is 1.50. The van der Waals surface area contributed by atoms with Crippen molar-refractivity contribution in [1.29, 1.82) is 0 Å². The smallest absolute Gasteiger partial charge is 0.277 e. The molecule has 2 aromatic rings. The van der Waals surface area contributed by atoms with Crippen molar-refractivity contribution in [3.8, 4) is 0 Å². The molecule has 0 fully saturated rings. The molecule has 0 spiro atoms. The molecule has 0 saturated carbocycles. The zero-order valence-electron chi connectivity index (χ0n) is 10.2. The Balaban J connectivity index is 2.21. The third kappa shape index (κ3) is 2.45. The van der Waals surface area contributed by atoms with E-state index in [1.54, 1.807) is 0 Å². The van der Waals surface area contributed by atoms with Crippen LogP contribution < -0.4 is 10.9 Å². The van der Waals surface area contributed by atoms with Gasteiger partial charge in [0.05, 0.1) is 5.69 Å². The third-order valence-corrected chi connectivity index (χ3v) is 3.43. The minimum Gasteiger partial charge on any atom is -0.296 e. The van der Waals surface area contributed by atoms with Gasteiger partial charge in [-0.3, -0.25) is 14.9 Å². The molecule has 2 heterocycles. The molecule has 0 aliphatic carbocycles. The van der Waals surface area contributed by atoms with Gasteiger partial charge < -0.3 is 0 Å². The van der Waals surface area contributed by atoms with Crippen molar-refractivity contribution in [2.45, 2.75) is 13.8 Å². The van der Waals surface area contributed by atoms with Crippen molar-refractivity contribution in [3.05, 3.63) is 38.8 Å². The highest BCUT2D eigenvalue weighted by Gasteiger charge is 2.11. The van der Waals surface area contributed by atoms with Crippen molar-refractivity contribution in [3.63, 3.8) is 0 Å². The summed E-state index contributed by atoms with van der Waals surface area (Å²) in [5.74, 6) is -0.376. The van der Waals surface area contributed by atoms with Crippen LogP contribution in [0.15, 0.2) is 16.9 Å². The fourth-order valence-electron chi connectivity index (χ4n) is 1.31. The van der Waals surface area contributed by atoms with Gasteiger partial charge in [-0.1, -0.05) is 0 Å². The first-order chi connectivity index (χ1) is 8.47. The first-order valence-corrected chi connectivity index (χ1v) is 6.09. The number of carbonyl (C=O) groups excluding carboxylic acids is 1. The fraction of sp³-hybridized carbons (Fsp3) is 0.273. The van der Waals surface area contributed by atoms with Gasteiger partial charge in [-0.25, -0.2) is 9.67 Å². The number of nitrogens with zero attached hydrogens (tertiary/aromatic N) is 3. The van der Waals surface area contributed by atoms with Crippen LogP contribution in [0.4, 0.5) is 5.13 Å². The molecule has 0 aromatic carbocycles. The van der Waals surface area contributed by atoms with E-state index in [1.807, 2.05) is 13.8 Å². The maximum atomic E-state index is 11.9. The molecule has 0 saturated heterocycles. The molecule has 0 atom stereocenters. The normalized spacial score (nSPS) is 10.4. The second-order valence-electron chi connectivity index (χ2n) is 3.80. The number of hydrogen-bond donors (Lipinski definition) is 1. The summed E-state index contributed by atoms with van der Waals surface area (Å²) in [6, 6.07) is 2.70. The summed E-state index contributed by atoms with van der Waals surface area (Å²) < 4.78 is 1.12. The van der Waals surface area contributed by atoms with E-state index in [0.717, 1.165) is 15.3 Å². The fourth-order valence-corrected chi connectivity index (χ4v) is 2.12. The SMILES string of the molecule is Cc1nc(NC(=O)c2ccc(=O)n(C)n2)sc1C. The molecule has 0 unspecified atom stereocenters. The summed E-state index contributed by atoms with van der Waals surface area (Å²) in [5.41, 5.74) is 0.818. The lowest BCUT2D eigenvalue weighted by Gasteiger charge is -2.01. The summed E-state index contributed by atoms with van der Waals surface area (Å²) in [5, 5.41) is 7.06. The van der Waals surface area contributed by atoms with Crippen LogP contribution in [-0.2, 0) is 7.05 Å². The van der Waals surface area contributed by atoms with E-state index in [4.69, 9.17) is 0 Å². The second-order valence-corrected chi connectivity index (χ2v) is 5.00. The average molecular weight is 264 g/mol. The molecule has 6 nitrogen and oxygen atoms in total. The van der Waals surface area contributed by atoms with Crippen LogP contribution in [-0.4, -0.2) is 20.7 Å². The first kappa shape index (κ1) is 12.4. The number of rotatable bonds is 2. The van der Waals surface area contributed by atoms with Crippen LogP contribution >= 0.6 is 11.3 Å². The van der Waals surface area contributed by atoms with Gasteiger partial charge in [-0.05, 0) is 19.9 Å². The van der Waals surface area contributed by atoms with E-state index in [1.165, 1.54) is 30.5 Å². The van der Waals surface area contributed by atoms with Crippen LogP contribution in [0.25, 0.3) is 0 Å². The molecule has 0 aliphatic heterocycles. The molecule has 2 rings (SSSR count). The molecule has 0 bridgehead atoms. The Bertz CT molecular complexity index is 640. The van der Waals surface area contributed by atoms with Gasteiger partial charge in [-0.15, -0.1) is 11.3 Å². The van der Waals surface area contributed by atoms with E-state index >= 15 is 0 Å². The molecule has 1 N–H and O–H groups in total. The molecule has 2 aromatic heterocycles. The number of hydrogen-bond acceptors (Lipinski definition) is 5. The predicted molar refractivity (Wildman–Crippen MR) is 69.0 cm³/mol. The number of carbonyl (C=O) groups is 1. The molecule has 0 aliphatic rings. The second kappa shape index (κ2) is 4.69. The van der Waals surface area contributed by atoms with Crippen LogP contribution in [0.2, 0.25) is 0 Å². The Morgan fingerprint density at radius 3 is 2.67 bits per heavy atom. The van der Waals surface area contributed by atoms with Gasteiger partial charge >= 0.3 is 0 Å². The van der Waals surface area contributed by atoms with Crippen molar-refractivity contribution in [2.24, 2.45) is 7.05 Å². The minimum absolute atomic E-state index is 0.183. The number of nitrogens with one attached hydrogen (secondary N) is 1. The predicted octanol–water partition coefficient (Wildman–Crippen LogP) is 1.11. The first-order valence-electron chi connectivity index (χ1n) is 5.27. The van der Waals surface area contributed by atoms with Gasteiger partial charge in [0.25, 0.3) is 11.5 Å². The molecule has 7 heteroatoms. The zero-order chi connectivity index (χ0) is 13.3. The summed E-state index contributed by atoms with van der Waals surface area (Å²) >= 11 is 1.41. The highest BCUT2D eigenvalue weighted by molar-refractivity contribution is 7.15. The van der Waals surface area contributed by atoms with E-state index in [-0.39, 0.29) is 17.2 Å². The minimum atomic E-state index is -0.376. The summed E-state index contributed by atoms with van der Waals surface area (Å²) in [4.78, 5) is 28.3. The van der Waals surface area contributed by atoms with Gasteiger partial charge in [0.2, 0.25) is 0 Å². The molecule has 0 radical (unpaired) electrons. The largest absolute Gasteiger partial charge is 0.296 e. The Hall–Kier alpha value is -2.02. The Morgan fingerprint density at radius 2 is 2.11 bits per heavy atom.